The van der Waals surface area contributed by atoms with E-state index in [1.807, 2.05) is 37.3 Å². The third-order valence-corrected chi connectivity index (χ3v) is 3.66. The highest BCUT2D eigenvalue weighted by Gasteiger charge is 2.04. The molecule has 0 bridgehead atoms. The normalized spacial score (nSPS) is 12.8. The van der Waals surface area contributed by atoms with E-state index in [2.05, 4.69) is 43.2 Å². The third-order valence-electron chi connectivity index (χ3n) is 3.66. The Balaban J connectivity index is 1.88. The van der Waals surface area contributed by atoms with Crippen molar-refractivity contribution in [3.63, 3.8) is 0 Å². The Hall–Kier alpha value is -2.49. The molecule has 0 heterocycles. The number of ether oxygens (including phenoxy) is 1. The fraction of sp³-hybridized carbons (Fsp3) is 0.316. The Morgan fingerprint density at radius 1 is 1.09 bits per heavy atom. The zero-order chi connectivity index (χ0) is 16.8. The number of rotatable bonds is 5. The van der Waals surface area contributed by atoms with Crippen LogP contribution in [0.5, 0.6) is 5.75 Å². The topological polar surface area (TPSA) is 59.6 Å². The molecule has 3 N–H and O–H groups in total. The molecule has 0 spiro atoms. The smallest absolute Gasteiger partial charge is 0.193 e. The second kappa shape index (κ2) is 7.68. The van der Waals surface area contributed by atoms with Gasteiger partial charge in [0.2, 0.25) is 0 Å². The molecule has 0 fully saturated rings. The predicted octanol–water partition coefficient (Wildman–Crippen LogP) is 3.81. The molecule has 2 aromatic rings. The minimum absolute atomic E-state index is 0.0437. The number of nitrogens with zero attached hydrogens (tertiary/aromatic N) is 1. The van der Waals surface area contributed by atoms with Crippen LogP contribution in [-0.4, -0.2) is 18.6 Å². The summed E-state index contributed by atoms with van der Waals surface area (Å²) >= 11 is 0. The molecule has 23 heavy (non-hydrogen) atoms. The average Bonchev–Trinajstić information content (AvgIpc) is 2.51. The molecule has 1 unspecified atom stereocenters. The minimum atomic E-state index is -0.0437. The van der Waals surface area contributed by atoms with Gasteiger partial charge in [0.1, 0.15) is 11.9 Å². The Kier molecular flexibility index (Phi) is 5.63. The molecule has 0 aromatic heterocycles. The molecule has 4 heteroatoms. The third kappa shape index (κ3) is 5.33. The fourth-order valence-electron chi connectivity index (χ4n) is 2.12. The van der Waals surface area contributed by atoms with E-state index in [1.54, 1.807) is 0 Å². The van der Waals surface area contributed by atoms with Crippen LogP contribution in [0.4, 0.5) is 5.69 Å². The van der Waals surface area contributed by atoms with Crippen LogP contribution in [0.2, 0.25) is 0 Å². The van der Waals surface area contributed by atoms with Crippen molar-refractivity contribution in [2.45, 2.75) is 33.8 Å². The van der Waals surface area contributed by atoms with Crippen LogP contribution in [0, 0.1) is 20.8 Å². The van der Waals surface area contributed by atoms with Crippen molar-refractivity contribution in [2.24, 2.45) is 10.7 Å². The van der Waals surface area contributed by atoms with Crippen LogP contribution < -0.4 is 15.8 Å². The van der Waals surface area contributed by atoms with E-state index in [9.17, 15) is 0 Å². The van der Waals surface area contributed by atoms with Gasteiger partial charge in [0.15, 0.2) is 5.96 Å². The van der Waals surface area contributed by atoms with Gasteiger partial charge in [-0.2, -0.15) is 0 Å². The SMILES string of the molecule is Cc1ccc(OC(C)CN=C(N)Nc2ccc(C)c(C)c2)cc1. The zero-order valence-corrected chi connectivity index (χ0v) is 14.3. The quantitative estimate of drug-likeness (QED) is 0.652. The van der Waals surface area contributed by atoms with Crippen molar-refractivity contribution in [3.05, 3.63) is 59.2 Å². The summed E-state index contributed by atoms with van der Waals surface area (Å²) in [7, 11) is 0. The molecule has 122 valence electrons. The lowest BCUT2D eigenvalue weighted by Crippen LogP contribution is -2.25. The number of nitrogens with two attached hydrogens (primary N) is 1. The highest BCUT2D eigenvalue weighted by Crippen LogP contribution is 2.14. The molecular formula is C19H25N3O. The van der Waals surface area contributed by atoms with E-state index in [4.69, 9.17) is 10.5 Å². The Morgan fingerprint density at radius 2 is 1.78 bits per heavy atom. The summed E-state index contributed by atoms with van der Waals surface area (Å²) in [5.74, 6) is 1.24. The van der Waals surface area contributed by atoms with Crippen molar-refractivity contribution in [1.29, 1.82) is 0 Å². The molecule has 0 amide bonds. The number of hydrogen-bond acceptors (Lipinski definition) is 2. The van der Waals surface area contributed by atoms with Crippen molar-refractivity contribution in [1.82, 2.24) is 0 Å². The van der Waals surface area contributed by atoms with Gasteiger partial charge >= 0.3 is 0 Å². The number of guanidine groups is 1. The first-order valence-electron chi connectivity index (χ1n) is 7.81. The van der Waals surface area contributed by atoms with Crippen LogP contribution in [0.3, 0.4) is 0 Å². The summed E-state index contributed by atoms with van der Waals surface area (Å²) in [4.78, 5) is 4.34. The lowest BCUT2D eigenvalue weighted by atomic mass is 10.1. The van der Waals surface area contributed by atoms with Crippen LogP contribution >= 0.6 is 0 Å². The van der Waals surface area contributed by atoms with E-state index < -0.39 is 0 Å². The number of aryl methyl sites for hydroxylation is 3. The van der Waals surface area contributed by atoms with Crippen LogP contribution in [0.15, 0.2) is 47.5 Å². The van der Waals surface area contributed by atoms with Crippen molar-refractivity contribution < 1.29 is 4.74 Å². The standard InChI is InChI=1S/C19H25N3O/c1-13-5-9-18(10-6-13)23-16(4)12-21-19(20)22-17-8-7-14(2)15(3)11-17/h5-11,16H,12H2,1-4H3,(H3,20,21,22). The zero-order valence-electron chi connectivity index (χ0n) is 14.3. The van der Waals surface area contributed by atoms with Gasteiger partial charge in [0.25, 0.3) is 0 Å². The second-order valence-corrected chi connectivity index (χ2v) is 5.89. The van der Waals surface area contributed by atoms with E-state index in [1.165, 1.54) is 16.7 Å². The first-order chi connectivity index (χ1) is 10.9. The maximum atomic E-state index is 5.94. The molecular weight excluding hydrogens is 286 g/mol. The molecule has 0 aliphatic rings. The van der Waals surface area contributed by atoms with Gasteiger partial charge in [0, 0.05) is 5.69 Å². The number of benzene rings is 2. The van der Waals surface area contributed by atoms with E-state index in [-0.39, 0.29) is 6.10 Å². The molecule has 0 radical (unpaired) electrons. The lowest BCUT2D eigenvalue weighted by Gasteiger charge is -2.13. The molecule has 0 saturated carbocycles. The number of nitrogens with one attached hydrogen (secondary N) is 1. The number of hydrogen-bond donors (Lipinski definition) is 2. The van der Waals surface area contributed by atoms with Crippen molar-refractivity contribution in [3.8, 4) is 5.75 Å². The summed E-state index contributed by atoms with van der Waals surface area (Å²) in [6.07, 6.45) is -0.0437. The van der Waals surface area contributed by atoms with Crippen LogP contribution in [0.25, 0.3) is 0 Å². The number of aliphatic imine (C=N–C) groups is 1. The summed E-state index contributed by atoms with van der Waals surface area (Å²) < 4.78 is 5.81. The first-order valence-corrected chi connectivity index (χ1v) is 7.81. The van der Waals surface area contributed by atoms with Gasteiger partial charge in [-0.1, -0.05) is 23.8 Å². The molecule has 1 atom stereocenters. The average molecular weight is 311 g/mol. The Morgan fingerprint density at radius 3 is 2.43 bits per heavy atom. The lowest BCUT2D eigenvalue weighted by molar-refractivity contribution is 0.230. The Bertz CT molecular complexity index is 678. The first kappa shape index (κ1) is 16.9. The maximum absolute atomic E-state index is 5.94. The molecule has 2 rings (SSSR count). The van der Waals surface area contributed by atoms with Gasteiger partial charge < -0.3 is 15.8 Å². The summed E-state index contributed by atoms with van der Waals surface area (Å²) in [5.41, 5.74) is 10.6. The largest absolute Gasteiger partial charge is 0.489 e. The summed E-state index contributed by atoms with van der Waals surface area (Å²) in [6.45, 7) is 8.69. The fourth-order valence-corrected chi connectivity index (χ4v) is 2.12. The molecule has 0 aliphatic heterocycles. The molecule has 4 nitrogen and oxygen atoms in total. The maximum Gasteiger partial charge on any atom is 0.193 e. The van der Waals surface area contributed by atoms with Gasteiger partial charge in [-0.05, 0) is 63.1 Å². The van der Waals surface area contributed by atoms with Gasteiger partial charge in [-0.25, -0.2) is 4.99 Å². The van der Waals surface area contributed by atoms with E-state index in [0.717, 1.165) is 11.4 Å². The van der Waals surface area contributed by atoms with E-state index >= 15 is 0 Å². The second-order valence-electron chi connectivity index (χ2n) is 5.89. The molecule has 0 aliphatic carbocycles. The molecule has 2 aromatic carbocycles. The van der Waals surface area contributed by atoms with Crippen molar-refractivity contribution in [2.75, 3.05) is 11.9 Å². The highest BCUT2D eigenvalue weighted by molar-refractivity contribution is 5.92. The van der Waals surface area contributed by atoms with Gasteiger partial charge in [-0.3, -0.25) is 0 Å². The highest BCUT2D eigenvalue weighted by atomic mass is 16.5. The predicted molar refractivity (Wildman–Crippen MR) is 97.3 cm³/mol. The van der Waals surface area contributed by atoms with Gasteiger partial charge in [0.05, 0.1) is 6.54 Å². The van der Waals surface area contributed by atoms with Crippen LogP contribution in [0.1, 0.15) is 23.6 Å². The van der Waals surface area contributed by atoms with Crippen LogP contribution in [-0.2, 0) is 0 Å². The molecule has 0 saturated heterocycles. The monoisotopic (exact) mass is 311 g/mol. The van der Waals surface area contributed by atoms with E-state index in [0.29, 0.717) is 12.5 Å². The van der Waals surface area contributed by atoms with Gasteiger partial charge in [-0.15, -0.1) is 0 Å². The summed E-state index contributed by atoms with van der Waals surface area (Å²) in [6, 6.07) is 14.1. The number of anilines is 1. The van der Waals surface area contributed by atoms with Crippen molar-refractivity contribution >= 4 is 11.6 Å². The minimum Gasteiger partial charge on any atom is -0.489 e. The summed E-state index contributed by atoms with van der Waals surface area (Å²) in [5, 5.41) is 3.11. The Labute approximate surface area is 138 Å².